The molecule has 4 rings (SSSR count). The molecule has 3 nitrogen and oxygen atoms in total. The van der Waals surface area contributed by atoms with Crippen LogP contribution in [0, 0.1) is 0 Å². The Morgan fingerprint density at radius 2 is 1.63 bits per heavy atom. The molecule has 30 heavy (non-hydrogen) atoms. The van der Waals surface area contributed by atoms with Crippen LogP contribution in [0.5, 0.6) is 11.5 Å². The van der Waals surface area contributed by atoms with Gasteiger partial charge >= 0.3 is 0 Å². The standard InChI is InChI=1S/C25H24BrNO2S/c1-25(2,3)17-8-11-19(12-9-17)28-14-15-29-22-16-18(26)10-13-20(22)24-27-21-6-4-5-7-23(21)30-24/h4-13,16H,14-15H2,1-3H3. The van der Waals surface area contributed by atoms with Crippen LogP contribution in [0.1, 0.15) is 26.3 Å². The molecule has 4 aromatic rings. The Balaban J connectivity index is 1.43. The zero-order valence-electron chi connectivity index (χ0n) is 17.3. The SMILES string of the molecule is CC(C)(C)c1ccc(OCCOc2cc(Br)ccc2-c2nc3ccccc3s2)cc1. The highest BCUT2D eigenvalue weighted by molar-refractivity contribution is 9.10. The van der Waals surface area contributed by atoms with Crippen molar-refractivity contribution in [3.63, 3.8) is 0 Å². The summed E-state index contributed by atoms with van der Waals surface area (Å²) in [5.41, 5.74) is 3.43. The highest BCUT2D eigenvalue weighted by Gasteiger charge is 2.14. The maximum absolute atomic E-state index is 6.08. The maximum atomic E-state index is 6.08. The summed E-state index contributed by atoms with van der Waals surface area (Å²) < 4.78 is 14.1. The summed E-state index contributed by atoms with van der Waals surface area (Å²) in [7, 11) is 0. The molecule has 0 unspecified atom stereocenters. The molecular formula is C25H24BrNO2S. The van der Waals surface area contributed by atoms with Gasteiger partial charge in [0.1, 0.15) is 29.7 Å². The first kappa shape index (κ1) is 20.9. The number of hydrogen-bond acceptors (Lipinski definition) is 4. The van der Waals surface area contributed by atoms with E-state index in [0.717, 1.165) is 32.1 Å². The van der Waals surface area contributed by atoms with Crippen molar-refractivity contribution in [3.05, 3.63) is 76.8 Å². The van der Waals surface area contributed by atoms with Crippen molar-refractivity contribution >= 4 is 37.5 Å². The van der Waals surface area contributed by atoms with Gasteiger partial charge in [0.15, 0.2) is 0 Å². The van der Waals surface area contributed by atoms with Crippen LogP contribution in [-0.4, -0.2) is 18.2 Å². The molecule has 0 aliphatic rings. The molecule has 5 heteroatoms. The number of fused-ring (bicyclic) bond motifs is 1. The van der Waals surface area contributed by atoms with E-state index in [1.165, 1.54) is 10.3 Å². The van der Waals surface area contributed by atoms with Crippen molar-refractivity contribution in [3.8, 4) is 22.1 Å². The van der Waals surface area contributed by atoms with E-state index in [1.807, 2.05) is 48.5 Å². The average Bonchev–Trinajstić information content (AvgIpc) is 3.15. The van der Waals surface area contributed by atoms with Gasteiger partial charge in [-0.2, -0.15) is 0 Å². The summed E-state index contributed by atoms with van der Waals surface area (Å²) in [6.07, 6.45) is 0. The van der Waals surface area contributed by atoms with Crippen molar-refractivity contribution in [2.75, 3.05) is 13.2 Å². The third kappa shape index (κ3) is 4.85. The van der Waals surface area contributed by atoms with E-state index < -0.39 is 0 Å². The molecule has 0 amide bonds. The van der Waals surface area contributed by atoms with Gasteiger partial charge in [-0.05, 0) is 53.4 Å². The van der Waals surface area contributed by atoms with Crippen molar-refractivity contribution in [2.45, 2.75) is 26.2 Å². The fourth-order valence-electron chi connectivity index (χ4n) is 3.14. The third-order valence-electron chi connectivity index (χ3n) is 4.80. The van der Waals surface area contributed by atoms with E-state index in [2.05, 4.69) is 54.9 Å². The average molecular weight is 482 g/mol. The fourth-order valence-corrected chi connectivity index (χ4v) is 4.48. The van der Waals surface area contributed by atoms with Crippen LogP contribution in [-0.2, 0) is 5.41 Å². The summed E-state index contributed by atoms with van der Waals surface area (Å²) in [5, 5.41) is 0.956. The lowest BCUT2D eigenvalue weighted by Gasteiger charge is -2.19. The minimum Gasteiger partial charge on any atom is -0.490 e. The van der Waals surface area contributed by atoms with Gasteiger partial charge in [-0.1, -0.05) is 61.0 Å². The van der Waals surface area contributed by atoms with Crippen LogP contribution < -0.4 is 9.47 Å². The van der Waals surface area contributed by atoms with E-state index >= 15 is 0 Å². The smallest absolute Gasteiger partial charge is 0.130 e. The van der Waals surface area contributed by atoms with Gasteiger partial charge in [-0.15, -0.1) is 11.3 Å². The molecule has 0 fully saturated rings. The number of nitrogens with zero attached hydrogens (tertiary/aromatic N) is 1. The largest absolute Gasteiger partial charge is 0.490 e. The lowest BCUT2D eigenvalue weighted by Crippen LogP contribution is -2.11. The van der Waals surface area contributed by atoms with Gasteiger partial charge in [0.25, 0.3) is 0 Å². The van der Waals surface area contributed by atoms with Gasteiger partial charge < -0.3 is 9.47 Å². The van der Waals surface area contributed by atoms with E-state index in [-0.39, 0.29) is 5.41 Å². The molecule has 0 bridgehead atoms. The first-order valence-corrected chi connectivity index (χ1v) is 11.5. The lowest BCUT2D eigenvalue weighted by molar-refractivity contribution is 0.217. The van der Waals surface area contributed by atoms with E-state index in [9.17, 15) is 0 Å². The minimum atomic E-state index is 0.138. The Labute approximate surface area is 189 Å². The van der Waals surface area contributed by atoms with Crippen molar-refractivity contribution < 1.29 is 9.47 Å². The molecule has 0 N–H and O–H groups in total. The Bertz CT molecular complexity index is 1110. The molecule has 0 saturated heterocycles. The second-order valence-corrected chi connectivity index (χ2v) is 10.0. The molecule has 0 aliphatic carbocycles. The van der Waals surface area contributed by atoms with Crippen molar-refractivity contribution in [1.82, 2.24) is 4.98 Å². The number of thiazole rings is 1. The van der Waals surface area contributed by atoms with E-state index in [4.69, 9.17) is 14.5 Å². The second-order valence-electron chi connectivity index (χ2n) is 8.10. The first-order valence-electron chi connectivity index (χ1n) is 9.92. The molecule has 0 aliphatic heterocycles. The van der Waals surface area contributed by atoms with Crippen LogP contribution in [0.15, 0.2) is 71.2 Å². The number of para-hydroxylation sites is 1. The molecule has 154 valence electrons. The Kier molecular flexibility index (Phi) is 6.11. The number of rotatable bonds is 6. The van der Waals surface area contributed by atoms with Gasteiger partial charge in [0, 0.05) is 4.47 Å². The second kappa shape index (κ2) is 8.78. The van der Waals surface area contributed by atoms with Crippen LogP contribution in [0.25, 0.3) is 20.8 Å². The molecule has 1 aromatic heterocycles. The monoisotopic (exact) mass is 481 g/mol. The normalized spacial score (nSPS) is 11.6. The van der Waals surface area contributed by atoms with Crippen molar-refractivity contribution in [2.24, 2.45) is 0 Å². The topological polar surface area (TPSA) is 31.4 Å². The summed E-state index contributed by atoms with van der Waals surface area (Å²) in [6, 6.07) is 22.5. The fraction of sp³-hybridized carbons (Fsp3) is 0.240. The molecule has 0 atom stereocenters. The summed E-state index contributed by atoms with van der Waals surface area (Å²) in [5.74, 6) is 1.65. The molecular weight excluding hydrogens is 458 g/mol. The lowest BCUT2D eigenvalue weighted by atomic mass is 9.87. The highest BCUT2D eigenvalue weighted by Crippen LogP contribution is 2.37. The maximum Gasteiger partial charge on any atom is 0.130 e. The molecule has 0 saturated carbocycles. The Morgan fingerprint density at radius 1 is 0.900 bits per heavy atom. The van der Waals surface area contributed by atoms with Crippen molar-refractivity contribution in [1.29, 1.82) is 0 Å². The summed E-state index contributed by atoms with van der Waals surface area (Å²) in [4.78, 5) is 4.77. The van der Waals surface area contributed by atoms with E-state index in [1.54, 1.807) is 11.3 Å². The molecule has 1 heterocycles. The first-order chi connectivity index (χ1) is 14.4. The Hall–Kier alpha value is -2.37. The van der Waals surface area contributed by atoms with Gasteiger partial charge in [-0.25, -0.2) is 4.98 Å². The number of halogens is 1. The van der Waals surface area contributed by atoms with E-state index in [0.29, 0.717) is 13.2 Å². The third-order valence-corrected chi connectivity index (χ3v) is 6.36. The zero-order chi connectivity index (χ0) is 21.1. The minimum absolute atomic E-state index is 0.138. The van der Waals surface area contributed by atoms with Crippen LogP contribution >= 0.6 is 27.3 Å². The summed E-state index contributed by atoms with van der Waals surface area (Å²) in [6.45, 7) is 7.54. The van der Waals surface area contributed by atoms with Crippen LogP contribution in [0.4, 0.5) is 0 Å². The number of aromatic nitrogens is 1. The highest BCUT2D eigenvalue weighted by atomic mass is 79.9. The van der Waals surface area contributed by atoms with Gasteiger partial charge in [0.05, 0.1) is 15.8 Å². The number of benzene rings is 3. The molecule has 0 radical (unpaired) electrons. The Morgan fingerprint density at radius 3 is 2.37 bits per heavy atom. The van der Waals surface area contributed by atoms with Gasteiger partial charge in [0.2, 0.25) is 0 Å². The van der Waals surface area contributed by atoms with Crippen LogP contribution in [0.2, 0.25) is 0 Å². The zero-order valence-corrected chi connectivity index (χ0v) is 19.7. The molecule has 0 spiro atoms. The quantitative estimate of drug-likeness (QED) is 0.267. The predicted molar refractivity (Wildman–Crippen MR) is 129 cm³/mol. The summed E-state index contributed by atoms with van der Waals surface area (Å²) >= 11 is 5.22. The number of ether oxygens (including phenoxy) is 2. The van der Waals surface area contributed by atoms with Crippen LogP contribution in [0.3, 0.4) is 0 Å². The van der Waals surface area contributed by atoms with Gasteiger partial charge in [-0.3, -0.25) is 0 Å². The predicted octanol–water partition coefficient (Wildman–Crippen LogP) is 7.48. The number of hydrogen-bond donors (Lipinski definition) is 0. The molecule has 3 aromatic carbocycles.